The third kappa shape index (κ3) is 26.0. The van der Waals surface area contributed by atoms with E-state index >= 15 is 0 Å². The van der Waals surface area contributed by atoms with Crippen LogP contribution in [0.3, 0.4) is 0 Å². The number of carboxylic acid groups (broad SMARTS) is 1. The summed E-state index contributed by atoms with van der Waals surface area (Å²) in [5.74, 6) is -10.5. The van der Waals surface area contributed by atoms with Crippen LogP contribution in [-0.4, -0.2) is 374 Å². The average molecular weight is 1690 g/mol. The summed E-state index contributed by atoms with van der Waals surface area (Å²) in [7, 11) is 5.40. The van der Waals surface area contributed by atoms with Gasteiger partial charge < -0.3 is 64.9 Å². The van der Waals surface area contributed by atoms with Gasteiger partial charge >= 0.3 is 12.1 Å². The van der Waals surface area contributed by atoms with Crippen molar-refractivity contribution >= 4 is 93.9 Å². The lowest BCUT2D eigenvalue weighted by atomic mass is 9.89. The van der Waals surface area contributed by atoms with Crippen molar-refractivity contribution in [2.45, 2.75) is 131 Å². The van der Waals surface area contributed by atoms with Crippen molar-refractivity contribution in [1.82, 2.24) is 85.1 Å². The Balaban J connectivity index is 0.684. The molecule has 121 heavy (non-hydrogen) atoms. The zero-order valence-electron chi connectivity index (χ0n) is 68.4. The van der Waals surface area contributed by atoms with Gasteiger partial charge in [-0.3, -0.25) is 107 Å². The molecule has 6 aliphatic heterocycles. The first-order chi connectivity index (χ1) is 58.0. The number of nitriles is 1. The standard InChI is InChI=1S/C81H107F4N19O17/c1-87-68-36-81(84,85)51-104(68)73(111)39-93-78(117)63-17-25-89-67-15-13-61(34-65(63)67)121-32-10-8-23-91-70(108)44-95(3)57-19-27-101(41-57)75(113)46-102(58-20-28-99(42-58)71(109)11-5-6-21-79(96(4)52-118-54-105)48-97(47-76(114)115)29-30-98(49-79)53-119-55-106)45-74(112)100-26-18-56(40-100)94(2)43-69(107)90-22-7-9-31-120-60-12-14-66-64(33-60)62(16-24-88-66)77(116)92-38-72(110)103-50-80(82,83)35-59(103)37-86/h12-17,24-25,33-34,54-59,68H,5-11,18-23,26-32,35-36,38-53H2,2-4H3,(H,90,107)(H,91,108)(H,92,116)(H,93,117)(H,114,115)/t56-,57-,58?,59+,68+,79?/m1/s1. The lowest BCUT2D eigenvalue weighted by Crippen LogP contribution is -2.59. The first-order valence-corrected chi connectivity index (χ1v) is 40.7. The van der Waals surface area contributed by atoms with E-state index in [-0.39, 0.29) is 138 Å². The molecule has 9 amide bonds. The molecule has 6 atom stereocenters. The number of hydrogen-bond acceptors (Lipinski definition) is 25. The Bertz CT molecular complexity index is 4230. The number of pyridine rings is 2. The number of carboxylic acids is 1. The number of carbonyl (C=O) groups excluding carboxylic acids is 11. The number of amides is 9. The molecular formula is C81H107F4N19O17. The van der Waals surface area contributed by atoms with E-state index in [9.17, 15) is 85.5 Å². The number of alkyl halides is 4. The number of rotatable bonds is 43. The molecule has 6 fully saturated rings. The van der Waals surface area contributed by atoms with Crippen molar-refractivity contribution in [2.75, 3.05) is 185 Å². The number of benzene rings is 2. The van der Waals surface area contributed by atoms with Crippen molar-refractivity contribution < 1.29 is 99.2 Å². The molecule has 2 aromatic carbocycles. The second kappa shape index (κ2) is 43.5. The van der Waals surface area contributed by atoms with E-state index in [0.29, 0.717) is 176 Å². The lowest BCUT2D eigenvalue weighted by Gasteiger charge is -2.44. The lowest BCUT2D eigenvalue weighted by molar-refractivity contribution is -0.140. The van der Waals surface area contributed by atoms with Gasteiger partial charge in [0.05, 0.1) is 100 Å². The van der Waals surface area contributed by atoms with E-state index in [1.165, 1.54) is 24.5 Å². The number of nitrogens with one attached hydrogen (secondary N) is 4. The Morgan fingerprint density at radius 1 is 0.595 bits per heavy atom. The fraction of sp³-hybridized carbons (Fsp3) is 0.605. The molecule has 10 rings (SSSR count). The molecule has 0 bridgehead atoms. The summed E-state index contributed by atoms with van der Waals surface area (Å²) in [6.45, 7) is 8.96. The molecule has 5 N–H and O–H groups in total. The highest BCUT2D eigenvalue weighted by molar-refractivity contribution is 6.08. The van der Waals surface area contributed by atoms with Crippen molar-refractivity contribution in [3.05, 3.63) is 83.5 Å². The topological polar surface area (TPSA) is 400 Å². The molecule has 8 heterocycles. The zero-order valence-corrected chi connectivity index (χ0v) is 68.4. The minimum atomic E-state index is -3.21. The van der Waals surface area contributed by atoms with Gasteiger partial charge in [-0.2, -0.15) is 5.26 Å². The fourth-order valence-electron chi connectivity index (χ4n) is 16.4. The molecule has 6 aliphatic rings. The van der Waals surface area contributed by atoms with Crippen LogP contribution in [0.1, 0.15) is 104 Å². The summed E-state index contributed by atoms with van der Waals surface area (Å²) >= 11 is 0. The van der Waals surface area contributed by atoms with E-state index in [2.05, 4.69) is 36.1 Å². The number of hydrogen-bond donors (Lipinski definition) is 5. The number of unbranched alkanes of at least 4 members (excludes halogenated alkanes) is 3. The predicted octanol–water partition coefficient (Wildman–Crippen LogP) is 1.53. The Morgan fingerprint density at radius 2 is 1.09 bits per heavy atom. The van der Waals surface area contributed by atoms with Gasteiger partial charge in [0.25, 0.3) is 36.6 Å². The van der Waals surface area contributed by atoms with Gasteiger partial charge in [0, 0.05) is 138 Å². The maximum absolute atomic E-state index is 14.6. The highest BCUT2D eigenvalue weighted by Gasteiger charge is 2.52. The van der Waals surface area contributed by atoms with Gasteiger partial charge in [-0.05, 0) is 127 Å². The van der Waals surface area contributed by atoms with Crippen molar-refractivity contribution in [3.8, 4) is 17.6 Å². The van der Waals surface area contributed by atoms with E-state index in [4.69, 9.17) is 25.5 Å². The van der Waals surface area contributed by atoms with Gasteiger partial charge in [-0.15, -0.1) is 0 Å². The summed E-state index contributed by atoms with van der Waals surface area (Å²) < 4.78 is 78.3. The maximum atomic E-state index is 14.6. The predicted molar refractivity (Wildman–Crippen MR) is 426 cm³/mol. The Morgan fingerprint density at radius 3 is 1.62 bits per heavy atom. The molecule has 4 aromatic rings. The second-order valence-electron chi connectivity index (χ2n) is 31.8. The highest BCUT2D eigenvalue weighted by Crippen LogP contribution is 2.35. The smallest absolute Gasteiger partial charge is 0.317 e. The third-order valence-electron chi connectivity index (χ3n) is 23.1. The van der Waals surface area contributed by atoms with Crippen LogP contribution in [0, 0.1) is 17.9 Å². The number of carbonyl (C=O) groups is 12. The molecule has 0 radical (unpaired) electrons. The molecule has 6 saturated heterocycles. The van der Waals surface area contributed by atoms with Crippen molar-refractivity contribution in [1.29, 1.82) is 5.26 Å². The molecule has 40 heteroatoms. The molecule has 2 aromatic heterocycles. The van der Waals surface area contributed by atoms with Crippen LogP contribution in [-0.2, 0) is 57.4 Å². The normalized spacial score (nSPS) is 21.0. The fourth-order valence-corrected chi connectivity index (χ4v) is 16.4. The van der Waals surface area contributed by atoms with Gasteiger partial charge in [0.15, 0.2) is 0 Å². The first-order valence-electron chi connectivity index (χ1n) is 40.7. The number of nitrogens with zero attached hydrogens (tertiary/aromatic N) is 15. The Hall–Kier alpha value is -11.0. The van der Waals surface area contributed by atoms with Gasteiger partial charge in [-0.25, -0.2) is 24.1 Å². The molecular weight excluding hydrogens is 1590 g/mol. The van der Waals surface area contributed by atoms with Crippen molar-refractivity contribution in [2.24, 2.45) is 0 Å². The van der Waals surface area contributed by atoms with E-state index in [1.54, 1.807) is 69.1 Å². The third-order valence-corrected chi connectivity index (χ3v) is 23.1. The number of fused-ring (bicyclic) bond motifs is 2. The SMILES string of the molecule is [C-]#[N+][C@@H]1CC(F)(F)CN1C(=O)CNC(=O)c1ccnc2ccc(OCCCCNC(=O)CN(C)[C@@H]3CCN(C(=O)CN(CC(=O)N4CC[C@@H](N(C)CC(=O)NCCCCOc5ccc6nccc(C(=O)NCC(=O)N7CC(F)(F)C[C@H]7C#N)c6c5)C4)C4CCN(C(=O)CCCCC5(N(C)COC=O)CN(COC=O)CCN(CC(=O)O)C5)C4)C3)cc12. The Labute approximate surface area is 698 Å². The largest absolute Gasteiger partial charge is 0.494 e. The number of likely N-dealkylation sites (tertiary alicyclic amines) is 5. The zero-order chi connectivity index (χ0) is 87.0. The van der Waals surface area contributed by atoms with Crippen LogP contribution in [0.5, 0.6) is 11.5 Å². The summed E-state index contributed by atoms with van der Waals surface area (Å²) in [5.41, 5.74) is 0.475. The second-order valence-corrected chi connectivity index (χ2v) is 31.8. The van der Waals surface area contributed by atoms with Crippen LogP contribution in [0.4, 0.5) is 17.6 Å². The molecule has 656 valence electrons. The van der Waals surface area contributed by atoms with Crippen LogP contribution in [0.2, 0.25) is 0 Å². The molecule has 2 unspecified atom stereocenters. The monoisotopic (exact) mass is 1690 g/mol. The molecule has 0 aliphatic carbocycles. The minimum Gasteiger partial charge on any atom is -0.494 e. The van der Waals surface area contributed by atoms with Crippen molar-refractivity contribution in [3.63, 3.8) is 0 Å². The van der Waals surface area contributed by atoms with E-state index in [1.807, 2.05) is 38.6 Å². The summed E-state index contributed by atoms with van der Waals surface area (Å²) in [6.07, 6.45) is 5.39. The van der Waals surface area contributed by atoms with Crippen LogP contribution < -0.4 is 30.7 Å². The van der Waals surface area contributed by atoms with Gasteiger partial charge in [-0.1, -0.05) is 6.42 Å². The number of likely N-dealkylation sites (N-methyl/N-ethyl adjacent to an activating group) is 3. The number of aromatic nitrogens is 2. The quantitative estimate of drug-likeness (QED) is 0.0138. The van der Waals surface area contributed by atoms with Gasteiger partial charge in [0.1, 0.15) is 37.4 Å². The number of halogens is 4. The highest BCUT2D eigenvalue weighted by atomic mass is 19.3. The first kappa shape index (κ1) is 92.3. The van der Waals surface area contributed by atoms with E-state index in [0.717, 1.165) is 9.80 Å². The van der Waals surface area contributed by atoms with Crippen LogP contribution >= 0.6 is 0 Å². The van der Waals surface area contributed by atoms with E-state index < -0.39 is 98.2 Å². The number of aliphatic carboxylic acids is 1. The molecule has 0 spiro atoms. The molecule has 0 saturated carbocycles. The molecule has 36 nitrogen and oxygen atoms in total. The average Bonchev–Trinajstić information content (AvgIpc) is 1.68. The Kier molecular flexibility index (Phi) is 33.1. The summed E-state index contributed by atoms with van der Waals surface area (Å²) in [4.78, 5) is 187. The minimum absolute atomic E-state index is 0.0434. The van der Waals surface area contributed by atoms with Crippen LogP contribution in [0.15, 0.2) is 60.9 Å². The number of ether oxygens (including phenoxy) is 4. The summed E-state index contributed by atoms with van der Waals surface area (Å²) in [6, 6.07) is 12.6. The maximum Gasteiger partial charge on any atom is 0.317 e. The van der Waals surface area contributed by atoms with Crippen LogP contribution in [0.25, 0.3) is 26.7 Å². The van der Waals surface area contributed by atoms with Gasteiger partial charge in [0.2, 0.25) is 41.4 Å². The summed E-state index contributed by atoms with van der Waals surface area (Å²) in [5, 5.41) is 30.8.